The maximum Gasteiger partial charge on any atom is 0.252 e. The maximum absolute atomic E-state index is 13.2. The van der Waals surface area contributed by atoms with Crippen molar-refractivity contribution in [1.29, 1.82) is 0 Å². The smallest absolute Gasteiger partial charge is 0.252 e. The molecule has 3 aromatic rings. The SMILES string of the molecule is CCC[C@@H](c1nnnn1C1CCCCC1)N(Cc1cc2ccc(C)cc2[nH]c1=O)C1CCCCC1. The van der Waals surface area contributed by atoms with Crippen molar-refractivity contribution in [2.45, 2.75) is 116 Å². The van der Waals surface area contributed by atoms with Crippen LogP contribution in [0.25, 0.3) is 10.9 Å². The molecule has 2 saturated carbocycles. The van der Waals surface area contributed by atoms with Crippen molar-refractivity contribution in [2.75, 3.05) is 0 Å². The van der Waals surface area contributed by atoms with Crippen molar-refractivity contribution in [1.82, 2.24) is 30.1 Å². The van der Waals surface area contributed by atoms with E-state index in [1.54, 1.807) is 0 Å². The Morgan fingerprint density at radius 3 is 2.54 bits per heavy atom. The van der Waals surface area contributed by atoms with Crippen LogP contribution >= 0.6 is 0 Å². The van der Waals surface area contributed by atoms with Gasteiger partial charge < -0.3 is 4.98 Å². The van der Waals surface area contributed by atoms with Crippen LogP contribution < -0.4 is 5.56 Å². The summed E-state index contributed by atoms with van der Waals surface area (Å²) in [5.41, 5.74) is 2.92. The van der Waals surface area contributed by atoms with E-state index in [1.165, 1.54) is 51.4 Å². The molecular formula is C28H40N6O. The molecule has 188 valence electrons. The van der Waals surface area contributed by atoms with Crippen LogP contribution in [0.1, 0.15) is 113 Å². The summed E-state index contributed by atoms with van der Waals surface area (Å²) in [6.45, 7) is 4.93. The number of aromatic amines is 1. The molecule has 2 aromatic heterocycles. The number of fused-ring (bicyclic) bond motifs is 1. The van der Waals surface area contributed by atoms with E-state index in [9.17, 15) is 4.79 Å². The molecule has 7 nitrogen and oxygen atoms in total. The molecule has 0 amide bonds. The van der Waals surface area contributed by atoms with Crippen LogP contribution in [0.4, 0.5) is 0 Å². The molecule has 0 saturated heterocycles. The highest BCUT2D eigenvalue weighted by atomic mass is 16.1. The fourth-order valence-corrected chi connectivity index (χ4v) is 6.30. The first kappa shape index (κ1) is 24.2. The van der Waals surface area contributed by atoms with Gasteiger partial charge in [-0.05, 0) is 72.5 Å². The predicted octanol–water partition coefficient (Wildman–Crippen LogP) is 6.00. The minimum Gasteiger partial charge on any atom is -0.322 e. The first-order chi connectivity index (χ1) is 17.1. The van der Waals surface area contributed by atoms with Crippen LogP contribution in [0, 0.1) is 6.92 Å². The Morgan fingerprint density at radius 1 is 1.06 bits per heavy atom. The number of benzene rings is 1. The Labute approximate surface area is 208 Å². The predicted molar refractivity (Wildman–Crippen MR) is 139 cm³/mol. The Bertz CT molecular complexity index is 1170. The summed E-state index contributed by atoms with van der Waals surface area (Å²) in [6.07, 6.45) is 14.3. The summed E-state index contributed by atoms with van der Waals surface area (Å²) < 4.78 is 2.14. The molecule has 2 fully saturated rings. The van der Waals surface area contributed by atoms with Gasteiger partial charge in [-0.2, -0.15) is 0 Å². The van der Waals surface area contributed by atoms with E-state index in [-0.39, 0.29) is 11.6 Å². The van der Waals surface area contributed by atoms with Gasteiger partial charge in [0.1, 0.15) is 0 Å². The molecule has 1 atom stereocenters. The highest BCUT2D eigenvalue weighted by Crippen LogP contribution is 2.36. The van der Waals surface area contributed by atoms with Gasteiger partial charge in [-0.15, -0.1) is 5.10 Å². The van der Waals surface area contributed by atoms with Crippen molar-refractivity contribution >= 4 is 10.9 Å². The second-order valence-electron chi connectivity index (χ2n) is 10.8. The number of hydrogen-bond donors (Lipinski definition) is 1. The van der Waals surface area contributed by atoms with Gasteiger partial charge in [-0.1, -0.05) is 64.0 Å². The number of rotatable bonds is 8. The van der Waals surface area contributed by atoms with Crippen LogP contribution in [0.15, 0.2) is 29.1 Å². The average molecular weight is 477 g/mol. The molecule has 0 unspecified atom stereocenters. The number of pyridine rings is 1. The summed E-state index contributed by atoms with van der Waals surface area (Å²) in [7, 11) is 0. The Hall–Kier alpha value is -2.54. The van der Waals surface area contributed by atoms with Gasteiger partial charge >= 0.3 is 0 Å². The fourth-order valence-electron chi connectivity index (χ4n) is 6.30. The van der Waals surface area contributed by atoms with Gasteiger partial charge in [-0.25, -0.2) is 4.68 Å². The van der Waals surface area contributed by atoms with Gasteiger partial charge in [0.15, 0.2) is 5.82 Å². The van der Waals surface area contributed by atoms with Crippen LogP contribution in [0.3, 0.4) is 0 Å². The second kappa shape index (κ2) is 11.0. The molecule has 5 rings (SSSR count). The number of nitrogens with one attached hydrogen (secondary N) is 1. The van der Waals surface area contributed by atoms with Gasteiger partial charge in [0.25, 0.3) is 5.56 Å². The maximum atomic E-state index is 13.2. The fraction of sp³-hybridized carbons (Fsp3) is 0.643. The quantitative estimate of drug-likeness (QED) is 0.431. The van der Waals surface area contributed by atoms with E-state index < -0.39 is 0 Å². The number of hydrogen-bond acceptors (Lipinski definition) is 5. The largest absolute Gasteiger partial charge is 0.322 e. The minimum absolute atomic E-state index is 0.0195. The Morgan fingerprint density at radius 2 is 1.80 bits per heavy atom. The normalized spacial score (nSPS) is 18.9. The summed E-state index contributed by atoms with van der Waals surface area (Å²) in [6, 6.07) is 9.34. The molecule has 0 bridgehead atoms. The molecule has 0 spiro atoms. The molecule has 2 heterocycles. The summed E-state index contributed by atoms with van der Waals surface area (Å²) in [5, 5.41) is 14.4. The molecule has 2 aliphatic carbocycles. The third kappa shape index (κ3) is 5.35. The molecular weight excluding hydrogens is 436 g/mol. The summed E-state index contributed by atoms with van der Waals surface area (Å²) >= 11 is 0. The Kier molecular flexibility index (Phi) is 7.61. The second-order valence-corrected chi connectivity index (χ2v) is 10.8. The van der Waals surface area contributed by atoms with Crippen LogP contribution in [0.5, 0.6) is 0 Å². The lowest BCUT2D eigenvalue weighted by Crippen LogP contribution is -2.41. The van der Waals surface area contributed by atoms with Gasteiger partial charge in [-0.3, -0.25) is 9.69 Å². The van der Waals surface area contributed by atoms with Crippen molar-refractivity contribution in [2.24, 2.45) is 0 Å². The van der Waals surface area contributed by atoms with E-state index >= 15 is 0 Å². The minimum atomic E-state index is 0.0195. The van der Waals surface area contributed by atoms with Crippen molar-refractivity contribution in [3.8, 4) is 0 Å². The van der Waals surface area contributed by atoms with E-state index in [0.717, 1.165) is 53.5 Å². The third-order valence-corrected chi connectivity index (χ3v) is 8.17. The monoisotopic (exact) mass is 476 g/mol. The zero-order chi connectivity index (χ0) is 24.2. The van der Waals surface area contributed by atoms with Crippen LogP contribution in [-0.2, 0) is 6.54 Å². The van der Waals surface area contributed by atoms with E-state index in [4.69, 9.17) is 0 Å². The summed E-state index contributed by atoms with van der Waals surface area (Å²) in [5.74, 6) is 0.997. The lowest BCUT2D eigenvalue weighted by Gasteiger charge is -2.40. The zero-order valence-electron chi connectivity index (χ0n) is 21.4. The van der Waals surface area contributed by atoms with Crippen molar-refractivity contribution in [3.63, 3.8) is 0 Å². The number of aryl methyl sites for hydroxylation is 1. The van der Waals surface area contributed by atoms with E-state index in [1.807, 2.05) is 0 Å². The molecule has 0 aliphatic heterocycles. The van der Waals surface area contributed by atoms with Crippen LogP contribution in [-0.4, -0.2) is 36.1 Å². The molecule has 0 radical (unpaired) electrons. The summed E-state index contributed by atoms with van der Waals surface area (Å²) in [4.78, 5) is 18.9. The standard InChI is InChI=1S/C28H40N6O/c1-3-10-26(27-30-31-32-34(27)24-13-8-5-9-14-24)33(23-11-6-4-7-12-23)19-22-18-21-16-15-20(2)17-25(21)29-28(22)35/h15-18,23-24,26H,3-14,19H2,1-2H3,(H,29,35)/t26-/m0/s1. The molecule has 2 aliphatic rings. The molecule has 35 heavy (non-hydrogen) atoms. The first-order valence-electron chi connectivity index (χ1n) is 13.8. The van der Waals surface area contributed by atoms with Gasteiger partial charge in [0.2, 0.25) is 0 Å². The topological polar surface area (TPSA) is 79.7 Å². The highest BCUT2D eigenvalue weighted by Gasteiger charge is 2.34. The molecule has 1 aromatic carbocycles. The third-order valence-electron chi connectivity index (χ3n) is 8.17. The van der Waals surface area contributed by atoms with Gasteiger partial charge in [0, 0.05) is 23.7 Å². The lowest BCUT2D eigenvalue weighted by molar-refractivity contribution is 0.0789. The van der Waals surface area contributed by atoms with Gasteiger partial charge in [0.05, 0.1) is 12.1 Å². The average Bonchev–Trinajstić information content (AvgIpc) is 3.37. The highest BCUT2D eigenvalue weighted by molar-refractivity contribution is 5.79. The number of nitrogens with zero attached hydrogens (tertiary/aromatic N) is 5. The number of tetrazole rings is 1. The van der Waals surface area contributed by atoms with E-state index in [2.05, 4.69) is 68.2 Å². The van der Waals surface area contributed by atoms with Crippen LogP contribution in [0.2, 0.25) is 0 Å². The lowest BCUT2D eigenvalue weighted by atomic mass is 9.91. The Balaban J connectivity index is 1.52. The molecule has 1 N–H and O–H groups in total. The van der Waals surface area contributed by atoms with E-state index in [0.29, 0.717) is 18.6 Å². The number of H-pyrrole nitrogens is 1. The first-order valence-corrected chi connectivity index (χ1v) is 13.8. The van der Waals surface area contributed by atoms with Crippen molar-refractivity contribution in [3.05, 3.63) is 51.6 Å². The molecule has 7 heteroatoms. The number of aromatic nitrogens is 5. The zero-order valence-corrected chi connectivity index (χ0v) is 21.4. The van der Waals surface area contributed by atoms with Crippen molar-refractivity contribution < 1.29 is 0 Å².